The minimum absolute atomic E-state index is 0.525. The Morgan fingerprint density at radius 2 is 1.96 bits per heavy atom. The Bertz CT molecular complexity index is 818. The van der Waals surface area contributed by atoms with Gasteiger partial charge >= 0.3 is 0 Å². The van der Waals surface area contributed by atoms with Gasteiger partial charge in [-0.2, -0.15) is 0 Å². The molecule has 25 heavy (non-hydrogen) atoms. The number of benzene rings is 1. The number of nitrogens with one attached hydrogen (secondary N) is 1. The van der Waals surface area contributed by atoms with Gasteiger partial charge in [-0.3, -0.25) is 0 Å². The largest absolute Gasteiger partial charge is 0.369 e. The van der Waals surface area contributed by atoms with Crippen LogP contribution >= 0.6 is 0 Å². The van der Waals surface area contributed by atoms with Crippen LogP contribution in [0.15, 0.2) is 42.5 Å². The topological polar surface area (TPSA) is 50.9 Å². The molecule has 1 aromatic carbocycles. The highest BCUT2D eigenvalue weighted by Crippen LogP contribution is 2.20. The summed E-state index contributed by atoms with van der Waals surface area (Å²) in [5, 5.41) is 5.40. The van der Waals surface area contributed by atoms with Crippen LogP contribution in [-0.2, 0) is 0 Å². The van der Waals surface area contributed by atoms with Crippen LogP contribution < -0.4 is 21.5 Å². The maximum atomic E-state index is 5.61. The fourth-order valence-corrected chi connectivity index (χ4v) is 2.62. The first-order valence-electron chi connectivity index (χ1n) is 8.94. The van der Waals surface area contributed by atoms with Crippen molar-refractivity contribution in [3.8, 4) is 11.3 Å². The SMILES string of the molecule is C=c1cc(-c2ccc(C(C)C)cc2)nc(NCCCN)/c1=C/C=C\C. The van der Waals surface area contributed by atoms with E-state index >= 15 is 0 Å². The molecule has 2 rings (SSSR count). The molecule has 0 saturated carbocycles. The Labute approximate surface area is 151 Å². The Kier molecular flexibility index (Phi) is 6.96. The molecule has 1 aromatic heterocycles. The molecule has 3 N–H and O–H groups in total. The van der Waals surface area contributed by atoms with E-state index in [-0.39, 0.29) is 0 Å². The van der Waals surface area contributed by atoms with Crippen molar-refractivity contribution in [2.75, 3.05) is 18.4 Å². The van der Waals surface area contributed by atoms with Crippen LogP contribution in [0.2, 0.25) is 0 Å². The number of nitrogens with zero attached hydrogens (tertiary/aromatic N) is 1. The van der Waals surface area contributed by atoms with E-state index in [0.717, 1.165) is 40.5 Å². The number of pyridine rings is 1. The van der Waals surface area contributed by atoms with E-state index in [1.54, 1.807) is 0 Å². The molecule has 3 heteroatoms. The number of aromatic nitrogens is 1. The number of hydrogen-bond donors (Lipinski definition) is 2. The van der Waals surface area contributed by atoms with E-state index < -0.39 is 0 Å². The van der Waals surface area contributed by atoms with Gasteiger partial charge in [-0.1, -0.05) is 62.9 Å². The number of anilines is 1. The summed E-state index contributed by atoms with van der Waals surface area (Å²) in [4.78, 5) is 4.85. The fourth-order valence-electron chi connectivity index (χ4n) is 2.62. The molecule has 0 aliphatic heterocycles. The van der Waals surface area contributed by atoms with Crippen molar-refractivity contribution in [2.45, 2.75) is 33.1 Å². The summed E-state index contributed by atoms with van der Waals surface area (Å²) in [6.07, 6.45) is 6.97. The molecule has 0 aliphatic rings. The van der Waals surface area contributed by atoms with Crippen LogP contribution in [0, 0.1) is 0 Å². The summed E-state index contributed by atoms with van der Waals surface area (Å²) >= 11 is 0. The first kappa shape index (κ1) is 18.9. The van der Waals surface area contributed by atoms with E-state index in [1.807, 2.05) is 31.2 Å². The maximum Gasteiger partial charge on any atom is 0.134 e. The molecule has 0 aliphatic carbocycles. The van der Waals surface area contributed by atoms with Crippen LogP contribution in [0.3, 0.4) is 0 Å². The number of hydrogen-bond acceptors (Lipinski definition) is 3. The van der Waals surface area contributed by atoms with Gasteiger partial charge in [-0.05, 0) is 42.7 Å². The predicted molar refractivity (Wildman–Crippen MR) is 110 cm³/mol. The normalized spacial score (nSPS) is 12.3. The second kappa shape index (κ2) is 9.19. The van der Waals surface area contributed by atoms with Gasteiger partial charge in [-0.15, -0.1) is 0 Å². The Hall–Kier alpha value is -2.39. The van der Waals surface area contributed by atoms with E-state index in [9.17, 15) is 0 Å². The minimum Gasteiger partial charge on any atom is -0.369 e. The molecular formula is C22H29N3. The van der Waals surface area contributed by atoms with Crippen molar-refractivity contribution < 1.29 is 0 Å². The zero-order valence-electron chi connectivity index (χ0n) is 15.5. The summed E-state index contributed by atoms with van der Waals surface area (Å²) in [6, 6.07) is 10.7. The second-order valence-corrected chi connectivity index (χ2v) is 6.47. The second-order valence-electron chi connectivity index (χ2n) is 6.47. The van der Waals surface area contributed by atoms with Gasteiger partial charge in [0.05, 0.1) is 5.69 Å². The molecule has 0 atom stereocenters. The summed E-state index contributed by atoms with van der Waals surface area (Å²) in [6.45, 7) is 12.1. The molecule has 0 spiro atoms. The van der Waals surface area contributed by atoms with E-state index in [1.165, 1.54) is 5.56 Å². The third-order valence-electron chi connectivity index (χ3n) is 4.15. The van der Waals surface area contributed by atoms with Crippen LogP contribution in [0.4, 0.5) is 5.82 Å². The maximum absolute atomic E-state index is 5.61. The highest BCUT2D eigenvalue weighted by Gasteiger charge is 2.06. The lowest BCUT2D eigenvalue weighted by Gasteiger charge is -2.11. The first-order valence-corrected chi connectivity index (χ1v) is 8.94. The Morgan fingerprint density at radius 1 is 1.24 bits per heavy atom. The summed E-state index contributed by atoms with van der Waals surface area (Å²) in [5.41, 5.74) is 8.98. The van der Waals surface area contributed by atoms with Crippen LogP contribution in [0.25, 0.3) is 23.9 Å². The molecule has 0 bridgehead atoms. The van der Waals surface area contributed by atoms with E-state index in [2.05, 4.69) is 50.0 Å². The third kappa shape index (κ3) is 5.04. The third-order valence-corrected chi connectivity index (χ3v) is 4.15. The fraction of sp³-hybridized carbons (Fsp3) is 0.318. The van der Waals surface area contributed by atoms with E-state index in [0.29, 0.717) is 12.5 Å². The molecule has 132 valence electrons. The van der Waals surface area contributed by atoms with Gasteiger partial charge in [0.1, 0.15) is 5.82 Å². The molecule has 0 saturated heterocycles. The molecule has 1 heterocycles. The van der Waals surface area contributed by atoms with Gasteiger partial charge in [0, 0.05) is 17.3 Å². The minimum atomic E-state index is 0.525. The van der Waals surface area contributed by atoms with Crippen molar-refractivity contribution in [2.24, 2.45) is 5.73 Å². The van der Waals surface area contributed by atoms with Gasteiger partial charge in [0.25, 0.3) is 0 Å². The number of rotatable bonds is 7. The average molecular weight is 335 g/mol. The predicted octanol–water partition coefficient (Wildman–Crippen LogP) is 3.40. The zero-order chi connectivity index (χ0) is 18.2. The van der Waals surface area contributed by atoms with Crippen molar-refractivity contribution in [3.63, 3.8) is 0 Å². The highest BCUT2D eigenvalue weighted by atomic mass is 15.0. The van der Waals surface area contributed by atoms with Crippen molar-refractivity contribution in [1.29, 1.82) is 0 Å². The van der Waals surface area contributed by atoms with Crippen LogP contribution in [0.5, 0.6) is 0 Å². The molecule has 0 amide bonds. The Balaban J connectivity index is 2.47. The molecule has 0 radical (unpaired) electrons. The molecule has 3 nitrogen and oxygen atoms in total. The van der Waals surface area contributed by atoms with Gasteiger partial charge in [0.15, 0.2) is 0 Å². The lowest BCUT2D eigenvalue weighted by molar-refractivity contribution is 0.866. The quantitative estimate of drug-likeness (QED) is 0.763. The standard InChI is InChI=1S/C22H29N3/c1-5-6-8-20-17(4)15-21(25-22(20)24-14-7-13-23)19-11-9-18(10-12-19)16(2)3/h5-6,8-12,15-16H,4,7,13-14,23H2,1-3H3,(H,24,25)/b6-5-,20-8+. The average Bonchev–Trinajstić information content (AvgIpc) is 2.61. The molecule has 0 unspecified atom stereocenters. The highest BCUT2D eigenvalue weighted by molar-refractivity contribution is 5.63. The van der Waals surface area contributed by atoms with Crippen LogP contribution in [0.1, 0.15) is 38.7 Å². The summed E-state index contributed by atoms with van der Waals surface area (Å²) in [5.74, 6) is 1.39. The summed E-state index contributed by atoms with van der Waals surface area (Å²) in [7, 11) is 0. The molecular weight excluding hydrogens is 306 g/mol. The lowest BCUT2D eigenvalue weighted by atomic mass is 10.0. The first-order chi connectivity index (χ1) is 12.1. The zero-order valence-corrected chi connectivity index (χ0v) is 15.5. The van der Waals surface area contributed by atoms with E-state index in [4.69, 9.17) is 10.7 Å². The molecule has 0 fully saturated rings. The monoisotopic (exact) mass is 335 g/mol. The van der Waals surface area contributed by atoms with Crippen molar-refractivity contribution >= 4 is 18.5 Å². The number of nitrogens with two attached hydrogens (primary N) is 1. The van der Waals surface area contributed by atoms with Crippen molar-refractivity contribution in [1.82, 2.24) is 4.98 Å². The Morgan fingerprint density at radius 3 is 2.56 bits per heavy atom. The van der Waals surface area contributed by atoms with Gasteiger partial charge < -0.3 is 11.1 Å². The number of allylic oxidation sites excluding steroid dienone is 2. The van der Waals surface area contributed by atoms with Gasteiger partial charge in [-0.25, -0.2) is 4.98 Å². The lowest BCUT2D eigenvalue weighted by Crippen LogP contribution is -2.29. The van der Waals surface area contributed by atoms with Crippen LogP contribution in [-0.4, -0.2) is 18.1 Å². The molecule has 2 aromatic rings. The van der Waals surface area contributed by atoms with Crippen molar-refractivity contribution in [3.05, 3.63) is 58.5 Å². The summed E-state index contributed by atoms with van der Waals surface area (Å²) < 4.78 is 0. The van der Waals surface area contributed by atoms with Gasteiger partial charge in [0.2, 0.25) is 0 Å². The smallest absolute Gasteiger partial charge is 0.134 e.